The monoisotopic (exact) mass is 651 g/mol. The number of rotatable bonds is 12. The summed E-state index contributed by atoms with van der Waals surface area (Å²) >= 11 is 0. The maximum Gasteiger partial charge on any atom is 0.421 e. The first-order valence-electron chi connectivity index (χ1n) is 15.4. The standard InChI is InChI=1S/C33H45N7O7/c1-20(2)17-24-28-29(35-21(3)34-24)40(32(45)47-33(4,5)6)26(37-28)19-39-16-12-13-22(30(39)43)18-25(41)23(36-31(44)46-9)14-10-11-15-27(42)38(7)8/h11-13,15-16,20,23H,10,14,17-19H2,1-9H3,(H,36,44)/b15-11+/t23-/m0/s1. The molecule has 0 bridgehead atoms. The largest absolute Gasteiger partial charge is 0.453 e. The van der Waals surface area contributed by atoms with Crippen molar-refractivity contribution in [2.24, 2.45) is 5.92 Å². The molecule has 0 aromatic carbocycles. The van der Waals surface area contributed by atoms with Crippen LogP contribution in [-0.2, 0) is 38.4 Å². The quantitative estimate of drug-likeness (QED) is 0.286. The molecular formula is C33H45N7O7. The van der Waals surface area contributed by atoms with Crippen molar-refractivity contribution in [1.82, 2.24) is 34.3 Å². The van der Waals surface area contributed by atoms with Crippen molar-refractivity contribution in [3.63, 3.8) is 0 Å². The molecule has 0 saturated heterocycles. The van der Waals surface area contributed by atoms with Crippen LogP contribution in [0.5, 0.6) is 0 Å². The minimum atomic E-state index is -0.966. The summed E-state index contributed by atoms with van der Waals surface area (Å²) in [6.45, 7) is 11.0. The summed E-state index contributed by atoms with van der Waals surface area (Å²) in [7, 11) is 4.43. The second-order valence-corrected chi connectivity index (χ2v) is 12.8. The molecule has 0 aliphatic carbocycles. The SMILES string of the molecule is COC(=O)N[C@@H](CC/C=C/C(=O)N(C)C)C(=O)Cc1cccn(Cc2nc3c(CC(C)C)nc(C)nc3n2C(=O)OC(C)(C)C)c1=O. The zero-order valence-corrected chi connectivity index (χ0v) is 28.6. The van der Waals surface area contributed by atoms with Crippen LogP contribution in [-0.4, -0.2) is 85.7 Å². The van der Waals surface area contributed by atoms with Gasteiger partial charge < -0.3 is 24.3 Å². The van der Waals surface area contributed by atoms with Gasteiger partial charge in [-0.1, -0.05) is 26.0 Å². The number of methoxy groups -OCH3 is 1. The number of likely N-dealkylation sites (N-methyl/N-ethyl adjacent to an activating group) is 1. The molecule has 3 aromatic heterocycles. The number of hydrogen-bond donors (Lipinski definition) is 1. The van der Waals surface area contributed by atoms with E-state index in [1.54, 1.807) is 53.9 Å². The van der Waals surface area contributed by atoms with Gasteiger partial charge in [-0.05, 0) is 65.0 Å². The van der Waals surface area contributed by atoms with Crippen LogP contribution in [0, 0.1) is 12.8 Å². The van der Waals surface area contributed by atoms with Crippen molar-refractivity contribution in [2.75, 3.05) is 21.2 Å². The number of hydrogen-bond acceptors (Lipinski definition) is 10. The van der Waals surface area contributed by atoms with Crippen LogP contribution in [0.25, 0.3) is 11.2 Å². The number of ether oxygens (including phenoxy) is 2. The molecule has 1 atom stereocenters. The normalized spacial score (nSPS) is 12.4. The highest BCUT2D eigenvalue weighted by atomic mass is 16.6. The first-order valence-corrected chi connectivity index (χ1v) is 15.4. The third kappa shape index (κ3) is 10.1. The Morgan fingerprint density at radius 1 is 1.11 bits per heavy atom. The van der Waals surface area contributed by atoms with E-state index in [0.29, 0.717) is 29.9 Å². The highest BCUT2D eigenvalue weighted by Gasteiger charge is 2.27. The van der Waals surface area contributed by atoms with Gasteiger partial charge in [-0.2, -0.15) is 0 Å². The summed E-state index contributed by atoms with van der Waals surface area (Å²) in [5.41, 5.74) is 0.322. The molecule has 0 radical (unpaired) electrons. The molecule has 0 aliphatic heterocycles. The van der Waals surface area contributed by atoms with E-state index in [1.807, 2.05) is 0 Å². The summed E-state index contributed by atoms with van der Waals surface area (Å²) < 4.78 is 13.0. The fourth-order valence-electron chi connectivity index (χ4n) is 4.73. The lowest BCUT2D eigenvalue weighted by Crippen LogP contribution is -2.42. The molecule has 254 valence electrons. The van der Waals surface area contributed by atoms with Crippen LogP contribution in [0.3, 0.4) is 0 Å². The topological polar surface area (TPSA) is 168 Å². The zero-order chi connectivity index (χ0) is 35.1. The molecule has 47 heavy (non-hydrogen) atoms. The third-order valence-electron chi connectivity index (χ3n) is 6.90. The number of amides is 2. The van der Waals surface area contributed by atoms with E-state index < -0.39 is 35.2 Å². The molecule has 1 N–H and O–H groups in total. The number of aryl methyl sites for hydroxylation is 1. The van der Waals surface area contributed by atoms with E-state index >= 15 is 0 Å². The number of imidazole rings is 1. The lowest BCUT2D eigenvalue weighted by atomic mass is 10.0. The number of pyridine rings is 1. The Morgan fingerprint density at radius 3 is 2.43 bits per heavy atom. The van der Waals surface area contributed by atoms with Crippen LogP contribution in [0.15, 0.2) is 35.3 Å². The van der Waals surface area contributed by atoms with Crippen molar-refractivity contribution in [3.8, 4) is 0 Å². The molecule has 2 amide bonds. The molecule has 14 nitrogen and oxygen atoms in total. The number of nitrogens with one attached hydrogen (secondary N) is 1. The molecule has 0 spiro atoms. The Kier molecular flexibility index (Phi) is 12.1. The molecule has 0 aliphatic rings. The first kappa shape index (κ1) is 36.6. The lowest BCUT2D eigenvalue weighted by Gasteiger charge is -2.20. The molecule has 3 heterocycles. The van der Waals surface area contributed by atoms with Gasteiger partial charge in [0, 0.05) is 32.3 Å². The van der Waals surface area contributed by atoms with Gasteiger partial charge in [-0.15, -0.1) is 0 Å². The Balaban J connectivity index is 1.97. The summed E-state index contributed by atoms with van der Waals surface area (Å²) in [5, 5.41) is 2.52. The van der Waals surface area contributed by atoms with E-state index in [0.717, 1.165) is 0 Å². The number of fused-ring (bicyclic) bond motifs is 1. The number of aromatic nitrogens is 5. The summed E-state index contributed by atoms with van der Waals surface area (Å²) in [6, 6.07) is 2.19. The Morgan fingerprint density at radius 2 is 1.81 bits per heavy atom. The number of ketones is 1. The molecule has 0 unspecified atom stereocenters. The van der Waals surface area contributed by atoms with Crippen LogP contribution in [0.2, 0.25) is 0 Å². The first-order chi connectivity index (χ1) is 22.0. The van der Waals surface area contributed by atoms with E-state index in [4.69, 9.17) is 9.72 Å². The van der Waals surface area contributed by atoms with Gasteiger partial charge in [-0.3, -0.25) is 14.4 Å². The number of Topliss-reactive ketones (excluding diaryl/α,β-unsaturated/α-hetero) is 1. The second-order valence-electron chi connectivity index (χ2n) is 12.8. The maximum absolute atomic E-state index is 13.7. The molecule has 3 aromatic rings. The highest BCUT2D eigenvalue weighted by Crippen LogP contribution is 2.22. The van der Waals surface area contributed by atoms with Gasteiger partial charge in [-0.25, -0.2) is 29.1 Å². The lowest BCUT2D eigenvalue weighted by molar-refractivity contribution is -0.123. The fraction of sp³-hybridized carbons (Fsp3) is 0.515. The number of carbonyl (C=O) groups excluding carboxylic acids is 4. The van der Waals surface area contributed by atoms with Gasteiger partial charge in [0.05, 0.1) is 25.4 Å². The third-order valence-corrected chi connectivity index (χ3v) is 6.90. The van der Waals surface area contributed by atoms with Crippen LogP contribution < -0.4 is 10.9 Å². The van der Waals surface area contributed by atoms with E-state index in [-0.39, 0.29) is 48.2 Å². The molecule has 0 saturated carbocycles. The van der Waals surface area contributed by atoms with Crippen molar-refractivity contribution in [1.29, 1.82) is 0 Å². The van der Waals surface area contributed by atoms with E-state index in [2.05, 4.69) is 33.9 Å². The van der Waals surface area contributed by atoms with Crippen molar-refractivity contribution in [3.05, 3.63) is 63.7 Å². The smallest absolute Gasteiger partial charge is 0.421 e. The molecule has 14 heteroatoms. The van der Waals surface area contributed by atoms with E-state index in [1.165, 1.54) is 39.5 Å². The average molecular weight is 652 g/mol. The summed E-state index contributed by atoms with van der Waals surface area (Å²) in [6.07, 6.45) is 3.89. The molecule has 3 rings (SSSR count). The number of allylic oxidation sites excluding steroid dienone is 1. The van der Waals surface area contributed by atoms with Crippen molar-refractivity contribution in [2.45, 2.75) is 85.4 Å². The van der Waals surface area contributed by atoms with Crippen LogP contribution in [0.1, 0.15) is 70.4 Å². The summed E-state index contributed by atoms with van der Waals surface area (Å²) in [5.74, 6) is 0.319. The maximum atomic E-state index is 13.7. The zero-order valence-electron chi connectivity index (χ0n) is 28.6. The fourth-order valence-corrected chi connectivity index (χ4v) is 4.73. The van der Waals surface area contributed by atoms with Crippen molar-refractivity contribution >= 4 is 35.0 Å². The second kappa shape index (κ2) is 15.6. The van der Waals surface area contributed by atoms with E-state index in [9.17, 15) is 24.0 Å². The number of carbonyl (C=O) groups is 4. The van der Waals surface area contributed by atoms with Crippen LogP contribution >= 0.6 is 0 Å². The highest BCUT2D eigenvalue weighted by molar-refractivity contribution is 5.89. The van der Waals surface area contributed by atoms with Gasteiger partial charge in [0.2, 0.25) is 5.91 Å². The minimum absolute atomic E-state index is 0.120. The molecular weight excluding hydrogens is 606 g/mol. The predicted octanol–water partition coefficient (Wildman–Crippen LogP) is 3.59. The number of alkyl carbamates (subject to hydrolysis) is 1. The summed E-state index contributed by atoms with van der Waals surface area (Å²) in [4.78, 5) is 79.6. The Hall–Kier alpha value is -4.88. The average Bonchev–Trinajstić information content (AvgIpc) is 3.33. The van der Waals surface area contributed by atoms with Gasteiger partial charge in [0.1, 0.15) is 22.8 Å². The minimum Gasteiger partial charge on any atom is -0.453 e. The molecule has 0 fully saturated rings. The Bertz CT molecular complexity index is 1710. The van der Waals surface area contributed by atoms with Crippen LogP contribution in [0.4, 0.5) is 9.59 Å². The van der Waals surface area contributed by atoms with Gasteiger partial charge in [0.25, 0.3) is 5.56 Å². The Labute approximate surface area is 274 Å². The van der Waals surface area contributed by atoms with Crippen molar-refractivity contribution < 1.29 is 28.7 Å². The van der Waals surface area contributed by atoms with Gasteiger partial charge >= 0.3 is 12.2 Å². The van der Waals surface area contributed by atoms with Gasteiger partial charge in [0.15, 0.2) is 11.4 Å². The number of nitrogens with zero attached hydrogens (tertiary/aromatic N) is 6. The predicted molar refractivity (Wildman–Crippen MR) is 175 cm³/mol.